The first-order valence-corrected chi connectivity index (χ1v) is 7.31. The number of hydrogen-bond donors (Lipinski definition) is 2. The van der Waals surface area contributed by atoms with Crippen LogP contribution in [0.25, 0.3) is 0 Å². The molecule has 1 fully saturated rings. The van der Waals surface area contributed by atoms with Gasteiger partial charge in [0, 0.05) is 16.7 Å². The molecule has 1 aliphatic carbocycles. The molecule has 0 aliphatic heterocycles. The zero-order chi connectivity index (χ0) is 13.0. The predicted octanol–water partition coefficient (Wildman–Crippen LogP) is 3.94. The van der Waals surface area contributed by atoms with Crippen LogP contribution in [0.2, 0.25) is 0 Å². The maximum atomic E-state index is 12.9. The normalized spacial score (nSPS) is 17.9. The van der Waals surface area contributed by atoms with E-state index < -0.39 is 0 Å². The zero-order valence-electron chi connectivity index (χ0n) is 10.3. The highest BCUT2D eigenvalue weighted by atomic mass is 79.9. The van der Waals surface area contributed by atoms with E-state index in [1.54, 1.807) is 6.07 Å². The molecule has 0 aromatic heterocycles. The van der Waals surface area contributed by atoms with Gasteiger partial charge in [-0.05, 0) is 46.5 Å². The van der Waals surface area contributed by atoms with E-state index in [1.165, 1.54) is 37.8 Å². The van der Waals surface area contributed by atoms with E-state index in [0.29, 0.717) is 16.9 Å². The van der Waals surface area contributed by atoms with Crippen molar-refractivity contribution in [3.8, 4) is 0 Å². The number of benzene rings is 1. The lowest BCUT2D eigenvalue weighted by molar-refractivity contribution is 0.155. The van der Waals surface area contributed by atoms with Crippen molar-refractivity contribution in [1.29, 1.82) is 0 Å². The van der Waals surface area contributed by atoms with E-state index in [1.807, 2.05) is 0 Å². The van der Waals surface area contributed by atoms with Gasteiger partial charge in [0.1, 0.15) is 5.82 Å². The van der Waals surface area contributed by atoms with Crippen LogP contribution in [0, 0.1) is 11.7 Å². The fraction of sp³-hybridized carbons (Fsp3) is 0.571. The molecule has 0 bridgehead atoms. The summed E-state index contributed by atoms with van der Waals surface area (Å²) in [7, 11) is 0. The van der Waals surface area contributed by atoms with Crippen LogP contribution < -0.4 is 5.32 Å². The van der Waals surface area contributed by atoms with E-state index >= 15 is 0 Å². The van der Waals surface area contributed by atoms with Crippen LogP contribution in [0.1, 0.15) is 32.1 Å². The minimum Gasteiger partial charge on any atom is -0.391 e. The van der Waals surface area contributed by atoms with Crippen molar-refractivity contribution >= 4 is 21.6 Å². The lowest BCUT2D eigenvalue weighted by Gasteiger charge is -2.17. The van der Waals surface area contributed by atoms with Crippen LogP contribution in [-0.4, -0.2) is 17.8 Å². The van der Waals surface area contributed by atoms with Crippen molar-refractivity contribution in [1.82, 2.24) is 0 Å². The predicted molar refractivity (Wildman–Crippen MR) is 75.2 cm³/mol. The van der Waals surface area contributed by atoms with E-state index in [0.717, 1.165) is 12.1 Å². The molecule has 100 valence electrons. The van der Waals surface area contributed by atoms with Gasteiger partial charge < -0.3 is 10.4 Å². The Balaban J connectivity index is 1.79. The summed E-state index contributed by atoms with van der Waals surface area (Å²) in [5, 5.41) is 13.1. The smallest absolute Gasteiger partial charge is 0.124 e. The number of anilines is 1. The minimum absolute atomic E-state index is 0.265. The van der Waals surface area contributed by atoms with Crippen LogP contribution in [0.5, 0.6) is 0 Å². The van der Waals surface area contributed by atoms with Gasteiger partial charge in [0.05, 0.1) is 6.10 Å². The molecule has 1 saturated carbocycles. The van der Waals surface area contributed by atoms with Gasteiger partial charge in [-0.1, -0.05) is 25.7 Å². The Hall–Kier alpha value is -0.610. The van der Waals surface area contributed by atoms with Crippen LogP contribution in [0.3, 0.4) is 0 Å². The minimum atomic E-state index is -0.329. The molecule has 0 saturated heterocycles. The van der Waals surface area contributed by atoms with Crippen molar-refractivity contribution in [3.63, 3.8) is 0 Å². The lowest BCUT2D eigenvalue weighted by atomic mass is 10.00. The molecule has 0 amide bonds. The molecule has 0 radical (unpaired) electrons. The van der Waals surface area contributed by atoms with E-state index in [2.05, 4.69) is 21.2 Å². The third-order valence-electron chi connectivity index (χ3n) is 3.54. The average Bonchev–Trinajstić information content (AvgIpc) is 2.80. The monoisotopic (exact) mass is 315 g/mol. The lowest BCUT2D eigenvalue weighted by Crippen LogP contribution is -2.22. The summed E-state index contributed by atoms with van der Waals surface area (Å²) in [6.07, 6.45) is 5.63. The highest BCUT2D eigenvalue weighted by Crippen LogP contribution is 2.29. The van der Waals surface area contributed by atoms with Crippen LogP contribution >= 0.6 is 15.9 Å². The third kappa shape index (κ3) is 3.95. The number of rotatable bonds is 5. The van der Waals surface area contributed by atoms with Gasteiger partial charge in [-0.2, -0.15) is 0 Å². The maximum absolute atomic E-state index is 12.9. The number of halogens is 2. The topological polar surface area (TPSA) is 32.3 Å². The number of hydrogen-bond acceptors (Lipinski definition) is 2. The Labute approximate surface area is 116 Å². The Morgan fingerprint density at radius 2 is 2.11 bits per heavy atom. The zero-order valence-corrected chi connectivity index (χ0v) is 11.9. The third-order valence-corrected chi connectivity index (χ3v) is 4.20. The molecule has 2 N–H and O–H groups in total. The quantitative estimate of drug-likeness (QED) is 0.862. The molecular weight excluding hydrogens is 297 g/mol. The molecule has 1 atom stereocenters. The van der Waals surface area contributed by atoms with Crippen molar-refractivity contribution in [3.05, 3.63) is 28.5 Å². The summed E-state index contributed by atoms with van der Waals surface area (Å²) in [6, 6.07) is 4.52. The van der Waals surface area contributed by atoms with Crippen molar-refractivity contribution < 1.29 is 9.50 Å². The number of nitrogens with one attached hydrogen (secondary N) is 1. The van der Waals surface area contributed by atoms with Crippen molar-refractivity contribution in [2.75, 3.05) is 11.9 Å². The van der Waals surface area contributed by atoms with E-state index in [9.17, 15) is 9.50 Å². The molecule has 0 heterocycles. The summed E-state index contributed by atoms with van der Waals surface area (Å²) >= 11 is 3.30. The van der Waals surface area contributed by atoms with Crippen LogP contribution in [0.4, 0.5) is 10.1 Å². The summed E-state index contributed by atoms with van der Waals surface area (Å²) in [4.78, 5) is 0. The molecule has 18 heavy (non-hydrogen) atoms. The second kappa shape index (κ2) is 6.53. The molecule has 1 aliphatic rings. The first-order chi connectivity index (χ1) is 8.65. The summed E-state index contributed by atoms with van der Waals surface area (Å²) in [6.45, 7) is 0.515. The van der Waals surface area contributed by atoms with Gasteiger partial charge in [0.2, 0.25) is 0 Å². The van der Waals surface area contributed by atoms with Gasteiger partial charge in [0.25, 0.3) is 0 Å². The van der Waals surface area contributed by atoms with Crippen LogP contribution in [0.15, 0.2) is 22.7 Å². The molecule has 1 aromatic rings. The molecule has 4 heteroatoms. The fourth-order valence-corrected chi connectivity index (χ4v) is 3.07. The second-order valence-electron chi connectivity index (χ2n) is 5.05. The molecule has 2 nitrogen and oxygen atoms in total. The Morgan fingerprint density at radius 3 is 2.78 bits per heavy atom. The highest BCUT2D eigenvalue weighted by Gasteiger charge is 2.18. The molecular formula is C14H19BrFNO. The molecule has 1 unspecified atom stereocenters. The maximum Gasteiger partial charge on any atom is 0.124 e. The largest absolute Gasteiger partial charge is 0.391 e. The van der Waals surface area contributed by atoms with Crippen LogP contribution in [-0.2, 0) is 0 Å². The van der Waals surface area contributed by atoms with Crippen molar-refractivity contribution in [2.24, 2.45) is 5.92 Å². The van der Waals surface area contributed by atoms with Gasteiger partial charge >= 0.3 is 0 Å². The first-order valence-electron chi connectivity index (χ1n) is 6.52. The molecule has 0 spiro atoms. The summed E-state index contributed by atoms with van der Waals surface area (Å²) < 4.78 is 13.6. The Bertz CT molecular complexity index is 393. The highest BCUT2D eigenvalue weighted by molar-refractivity contribution is 9.10. The molecule has 1 aromatic carbocycles. The SMILES string of the molecule is OC(CNc1ccc(F)cc1Br)CC1CCCC1. The van der Waals surface area contributed by atoms with Gasteiger partial charge in [-0.3, -0.25) is 0 Å². The Morgan fingerprint density at radius 1 is 1.39 bits per heavy atom. The van der Waals surface area contributed by atoms with Gasteiger partial charge in [-0.15, -0.1) is 0 Å². The summed E-state index contributed by atoms with van der Waals surface area (Å²) in [5.41, 5.74) is 0.821. The molecule has 2 rings (SSSR count). The van der Waals surface area contributed by atoms with E-state index in [-0.39, 0.29) is 11.9 Å². The van der Waals surface area contributed by atoms with Crippen molar-refractivity contribution in [2.45, 2.75) is 38.2 Å². The fourth-order valence-electron chi connectivity index (χ4n) is 2.57. The standard InChI is InChI=1S/C14H19BrFNO/c15-13-8-11(16)5-6-14(13)17-9-12(18)7-10-3-1-2-4-10/h5-6,8,10,12,17-18H,1-4,7,9H2. The Kier molecular flexibility index (Phi) is 5.01. The number of aliphatic hydroxyl groups excluding tert-OH is 1. The second-order valence-corrected chi connectivity index (χ2v) is 5.90. The van der Waals surface area contributed by atoms with E-state index in [4.69, 9.17) is 0 Å². The van der Waals surface area contributed by atoms with Gasteiger partial charge in [-0.25, -0.2) is 4.39 Å². The first kappa shape index (κ1) is 13.8. The summed E-state index contributed by atoms with van der Waals surface area (Å²) in [5.74, 6) is 0.414. The van der Waals surface area contributed by atoms with Gasteiger partial charge in [0.15, 0.2) is 0 Å². The number of aliphatic hydroxyl groups is 1. The average molecular weight is 316 g/mol.